The van der Waals surface area contributed by atoms with Crippen LogP contribution in [-0.4, -0.2) is 57.6 Å². The average molecular weight is 452 g/mol. The fourth-order valence-electron chi connectivity index (χ4n) is 2.66. The van der Waals surface area contributed by atoms with Gasteiger partial charge < -0.3 is 24.3 Å². The summed E-state index contributed by atoms with van der Waals surface area (Å²) < 4.78 is 21.9. The zero-order valence-electron chi connectivity index (χ0n) is 20.4. The molecular weight excluding hydrogens is 410 g/mol. The van der Waals surface area contributed by atoms with Crippen molar-refractivity contribution >= 4 is 11.9 Å². The van der Waals surface area contributed by atoms with Crippen molar-refractivity contribution in [3.63, 3.8) is 0 Å². The van der Waals surface area contributed by atoms with Gasteiger partial charge in [-0.25, -0.2) is 4.79 Å². The third-order valence-electron chi connectivity index (χ3n) is 4.32. The minimum absolute atomic E-state index is 0.170. The lowest BCUT2D eigenvalue weighted by molar-refractivity contribution is -0.149. The number of hydrogen-bond donors (Lipinski definition) is 1. The maximum atomic E-state index is 12.6. The molecule has 7 nitrogen and oxygen atoms in total. The first kappa shape index (κ1) is 27.9. The lowest BCUT2D eigenvalue weighted by atomic mass is 10.1. The van der Waals surface area contributed by atoms with Crippen LogP contribution in [0.25, 0.3) is 0 Å². The summed E-state index contributed by atoms with van der Waals surface area (Å²) >= 11 is 0. The van der Waals surface area contributed by atoms with Crippen LogP contribution in [-0.2, 0) is 30.2 Å². The van der Waals surface area contributed by atoms with Gasteiger partial charge in [0, 0.05) is 19.4 Å². The molecule has 1 amide bonds. The highest BCUT2D eigenvalue weighted by molar-refractivity contribution is 5.84. The molecule has 1 rings (SSSR count). The predicted molar refractivity (Wildman–Crippen MR) is 125 cm³/mol. The van der Waals surface area contributed by atoms with Crippen LogP contribution in [0, 0.1) is 11.8 Å². The van der Waals surface area contributed by atoms with Gasteiger partial charge in [0.15, 0.2) is 0 Å². The summed E-state index contributed by atoms with van der Waals surface area (Å²) in [7, 11) is 0. The Kier molecular flexibility index (Phi) is 14.4. The highest BCUT2D eigenvalue weighted by atomic mass is 16.5. The summed E-state index contributed by atoms with van der Waals surface area (Å²) in [5.74, 6) is 0.767. The summed E-state index contributed by atoms with van der Waals surface area (Å²) in [6, 6.07) is 6.82. The van der Waals surface area contributed by atoms with Crippen molar-refractivity contribution in [3.8, 4) is 5.75 Å². The van der Waals surface area contributed by atoms with Crippen molar-refractivity contribution < 1.29 is 28.5 Å². The van der Waals surface area contributed by atoms with Crippen LogP contribution in [0.4, 0.5) is 0 Å². The van der Waals surface area contributed by atoms with Crippen molar-refractivity contribution in [2.24, 2.45) is 11.8 Å². The van der Waals surface area contributed by atoms with Gasteiger partial charge in [-0.3, -0.25) is 4.79 Å². The van der Waals surface area contributed by atoms with E-state index in [-0.39, 0.29) is 24.9 Å². The molecule has 1 atom stereocenters. The van der Waals surface area contributed by atoms with Crippen LogP contribution < -0.4 is 10.1 Å². The Morgan fingerprint density at radius 3 is 2.09 bits per heavy atom. The molecule has 0 heterocycles. The summed E-state index contributed by atoms with van der Waals surface area (Å²) in [5.41, 5.74) is 0.915. The molecule has 0 aromatic heterocycles. The summed E-state index contributed by atoms with van der Waals surface area (Å²) in [5, 5.41) is 2.80. The van der Waals surface area contributed by atoms with E-state index in [0.717, 1.165) is 17.7 Å². The molecule has 182 valence electrons. The number of carbonyl (C=O) groups is 2. The van der Waals surface area contributed by atoms with Crippen molar-refractivity contribution in [2.75, 3.05) is 39.6 Å². The van der Waals surface area contributed by atoms with E-state index in [0.29, 0.717) is 45.4 Å². The van der Waals surface area contributed by atoms with Crippen LogP contribution >= 0.6 is 0 Å². The molecule has 0 fully saturated rings. The van der Waals surface area contributed by atoms with E-state index < -0.39 is 12.0 Å². The zero-order valence-corrected chi connectivity index (χ0v) is 20.4. The van der Waals surface area contributed by atoms with E-state index in [4.69, 9.17) is 18.9 Å². The molecule has 1 aromatic carbocycles. The fraction of sp³-hybridized carbons (Fsp3) is 0.680. The number of nitrogens with one attached hydrogen (secondary N) is 1. The number of ether oxygens (including phenoxy) is 4. The van der Waals surface area contributed by atoms with E-state index in [1.54, 1.807) is 0 Å². The second kappa shape index (κ2) is 16.5. The number of esters is 1. The van der Waals surface area contributed by atoms with Crippen LogP contribution in [0.2, 0.25) is 0 Å². The maximum Gasteiger partial charge on any atom is 0.328 e. The van der Waals surface area contributed by atoms with E-state index in [1.165, 1.54) is 0 Å². The Hall–Kier alpha value is -2.12. The monoisotopic (exact) mass is 451 g/mol. The number of rotatable bonds is 17. The van der Waals surface area contributed by atoms with Crippen LogP contribution in [0.3, 0.4) is 0 Å². The smallest absolute Gasteiger partial charge is 0.328 e. The average Bonchev–Trinajstić information content (AvgIpc) is 2.75. The van der Waals surface area contributed by atoms with E-state index in [1.807, 2.05) is 45.0 Å². The van der Waals surface area contributed by atoms with Crippen molar-refractivity contribution in [1.82, 2.24) is 5.32 Å². The Morgan fingerprint density at radius 1 is 0.875 bits per heavy atom. The molecule has 1 N–H and O–H groups in total. The van der Waals surface area contributed by atoms with Crippen molar-refractivity contribution in [1.29, 1.82) is 0 Å². The van der Waals surface area contributed by atoms with Gasteiger partial charge in [0.1, 0.15) is 11.8 Å². The SMILES string of the molecule is CCCOCCOCCC(=O)N[C@@H](Cc1ccc(OCC(C)C)cc1)C(=O)OCC(C)C. The molecule has 0 aliphatic carbocycles. The standard InChI is InChI=1S/C25H41NO6/c1-6-12-29-14-15-30-13-11-24(27)26-23(25(28)32-18-20(4)5)16-21-7-9-22(10-8-21)31-17-19(2)3/h7-10,19-20,23H,6,11-18H2,1-5H3,(H,26,27)/t23-/m0/s1. The fourth-order valence-corrected chi connectivity index (χ4v) is 2.66. The predicted octanol–water partition coefficient (Wildman–Crippen LogP) is 3.78. The lowest BCUT2D eigenvalue weighted by Crippen LogP contribution is -2.44. The number of hydrogen-bond acceptors (Lipinski definition) is 6. The largest absolute Gasteiger partial charge is 0.493 e. The first-order valence-electron chi connectivity index (χ1n) is 11.6. The molecule has 0 aliphatic heterocycles. The minimum Gasteiger partial charge on any atom is -0.493 e. The zero-order chi connectivity index (χ0) is 23.8. The van der Waals surface area contributed by atoms with Gasteiger partial charge in [0.25, 0.3) is 0 Å². The van der Waals surface area contributed by atoms with Gasteiger partial charge >= 0.3 is 5.97 Å². The summed E-state index contributed by atoms with van der Waals surface area (Å²) in [6.45, 7) is 13.1. The summed E-state index contributed by atoms with van der Waals surface area (Å²) in [6.07, 6.45) is 1.48. The van der Waals surface area contributed by atoms with Gasteiger partial charge in [-0.05, 0) is 36.0 Å². The lowest BCUT2D eigenvalue weighted by Gasteiger charge is -2.19. The second-order valence-electron chi connectivity index (χ2n) is 8.67. The van der Waals surface area contributed by atoms with Gasteiger partial charge in [-0.15, -0.1) is 0 Å². The van der Waals surface area contributed by atoms with Crippen molar-refractivity contribution in [3.05, 3.63) is 29.8 Å². The molecule has 0 unspecified atom stereocenters. The number of amides is 1. The first-order valence-corrected chi connectivity index (χ1v) is 11.6. The van der Waals surface area contributed by atoms with Gasteiger partial charge in [0.05, 0.1) is 33.0 Å². The molecule has 0 bridgehead atoms. The van der Waals surface area contributed by atoms with Crippen LogP contribution in [0.5, 0.6) is 5.75 Å². The van der Waals surface area contributed by atoms with E-state index in [2.05, 4.69) is 19.2 Å². The third-order valence-corrected chi connectivity index (χ3v) is 4.32. The Bertz CT molecular complexity index is 644. The highest BCUT2D eigenvalue weighted by Crippen LogP contribution is 2.15. The number of benzene rings is 1. The Labute approximate surface area is 193 Å². The summed E-state index contributed by atoms with van der Waals surface area (Å²) in [4.78, 5) is 25.0. The minimum atomic E-state index is -0.753. The molecule has 0 saturated carbocycles. The Morgan fingerprint density at radius 2 is 1.50 bits per heavy atom. The molecule has 0 aliphatic rings. The first-order chi connectivity index (χ1) is 15.3. The highest BCUT2D eigenvalue weighted by Gasteiger charge is 2.23. The third kappa shape index (κ3) is 13.3. The van der Waals surface area contributed by atoms with Crippen LogP contribution in [0.15, 0.2) is 24.3 Å². The Balaban J connectivity index is 2.58. The van der Waals surface area contributed by atoms with Crippen LogP contribution in [0.1, 0.15) is 53.0 Å². The normalized spacial score (nSPS) is 12.1. The molecule has 0 radical (unpaired) electrons. The molecule has 1 aromatic rings. The molecular formula is C25H41NO6. The molecule has 0 saturated heterocycles. The maximum absolute atomic E-state index is 12.6. The van der Waals surface area contributed by atoms with E-state index >= 15 is 0 Å². The molecule has 7 heteroatoms. The topological polar surface area (TPSA) is 83.1 Å². The van der Waals surface area contributed by atoms with Gasteiger partial charge in [-0.1, -0.05) is 46.8 Å². The van der Waals surface area contributed by atoms with Gasteiger partial charge in [0.2, 0.25) is 5.91 Å². The molecule has 0 spiro atoms. The molecule has 32 heavy (non-hydrogen) atoms. The van der Waals surface area contributed by atoms with Gasteiger partial charge in [-0.2, -0.15) is 0 Å². The second-order valence-corrected chi connectivity index (χ2v) is 8.67. The van der Waals surface area contributed by atoms with E-state index in [9.17, 15) is 9.59 Å². The van der Waals surface area contributed by atoms with Crippen molar-refractivity contribution in [2.45, 2.75) is 59.9 Å². The quantitative estimate of drug-likeness (QED) is 0.287. The number of carbonyl (C=O) groups excluding carboxylic acids is 2.